The number of methoxy groups -OCH3 is 2. The number of benzene rings is 2. The topological polar surface area (TPSA) is 64.8 Å². The molecule has 0 saturated carbocycles. The minimum Gasteiger partial charge on any atom is -0.497 e. The Morgan fingerprint density at radius 3 is 2.20 bits per heavy atom. The second-order valence-electron chi connectivity index (χ2n) is 6.40. The van der Waals surface area contributed by atoms with Crippen LogP contribution in [0.15, 0.2) is 48.5 Å². The van der Waals surface area contributed by atoms with Crippen LogP contribution in [0.5, 0.6) is 11.5 Å². The molecule has 1 amide bonds. The van der Waals surface area contributed by atoms with Crippen molar-refractivity contribution >= 4 is 5.91 Å². The maximum absolute atomic E-state index is 13.0. The van der Waals surface area contributed by atoms with Gasteiger partial charge >= 0.3 is 0 Å². The maximum Gasteiger partial charge on any atom is 0.236 e. The number of ether oxygens (including phenoxy) is 2. The number of carbonyl (C=O) groups excluding carboxylic acids is 1. The lowest BCUT2D eigenvalue weighted by Crippen LogP contribution is -2.65. The predicted octanol–water partition coefficient (Wildman–Crippen LogP) is 2.50. The van der Waals surface area contributed by atoms with Crippen LogP contribution in [0.25, 0.3) is 0 Å². The van der Waals surface area contributed by atoms with Crippen LogP contribution in [0.3, 0.4) is 0 Å². The first-order valence-corrected chi connectivity index (χ1v) is 8.36. The van der Waals surface area contributed by atoms with E-state index in [1.807, 2.05) is 60.4 Å². The molecule has 3 rings (SSSR count). The molecule has 2 aromatic rings. The lowest BCUT2D eigenvalue weighted by Gasteiger charge is -2.55. The van der Waals surface area contributed by atoms with E-state index in [0.717, 1.165) is 11.1 Å². The lowest BCUT2D eigenvalue weighted by atomic mass is 9.65. The van der Waals surface area contributed by atoms with E-state index >= 15 is 0 Å². The van der Waals surface area contributed by atoms with Gasteiger partial charge in [-0.1, -0.05) is 30.3 Å². The summed E-state index contributed by atoms with van der Waals surface area (Å²) in [6.07, 6.45) is 0. The van der Waals surface area contributed by atoms with Gasteiger partial charge in [-0.25, -0.2) is 0 Å². The Morgan fingerprint density at radius 2 is 1.68 bits per heavy atom. The third-order valence-corrected chi connectivity index (χ3v) is 5.00. The van der Waals surface area contributed by atoms with E-state index in [4.69, 9.17) is 15.2 Å². The number of hydrogen-bond acceptors (Lipinski definition) is 4. The number of amides is 1. The summed E-state index contributed by atoms with van der Waals surface area (Å²) in [6.45, 7) is 2.94. The van der Waals surface area contributed by atoms with Crippen LogP contribution in [0.4, 0.5) is 0 Å². The Hall–Kier alpha value is -2.53. The van der Waals surface area contributed by atoms with Gasteiger partial charge in [0, 0.05) is 19.2 Å². The SMILES string of the molecule is COc1cc(OC)cc([C@H]2N(CCN)C(=O)[C@@]2(C)c2ccccc2)c1. The van der Waals surface area contributed by atoms with E-state index in [1.54, 1.807) is 14.2 Å². The molecular formula is C20H24N2O3. The van der Waals surface area contributed by atoms with E-state index in [0.29, 0.717) is 24.6 Å². The van der Waals surface area contributed by atoms with Crippen LogP contribution in [0.1, 0.15) is 24.1 Å². The van der Waals surface area contributed by atoms with Crippen molar-refractivity contribution in [1.29, 1.82) is 0 Å². The van der Waals surface area contributed by atoms with Gasteiger partial charge in [0.05, 0.1) is 25.7 Å². The summed E-state index contributed by atoms with van der Waals surface area (Å²) in [6, 6.07) is 15.5. The number of likely N-dealkylation sites (tertiary alicyclic amines) is 1. The Labute approximate surface area is 148 Å². The monoisotopic (exact) mass is 340 g/mol. The second-order valence-corrected chi connectivity index (χ2v) is 6.40. The van der Waals surface area contributed by atoms with Gasteiger partial charge in [-0.3, -0.25) is 4.79 Å². The van der Waals surface area contributed by atoms with Crippen molar-refractivity contribution in [3.05, 3.63) is 59.7 Å². The second kappa shape index (κ2) is 6.76. The van der Waals surface area contributed by atoms with Crippen LogP contribution < -0.4 is 15.2 Å². The summed E-state index contributed by atoms with van der Waals surface area (Å²) >= 11 is 0. The molecule has 132 valence electrons. The van der Waals surface area contributed by atoms with Crippen LogP contribution in [0, 0.1) is 0 Å². The molecule has 1 aliphatic rings. The number of hydrogen-bond donors (Lipinski definition) is 1. The molecule has 1 aliphatic heterocycles. The van der Waals surface area contributed by atoms with Gasteiger partial charge in [-0.05, 0) is 30.2 Å². The van der Waals surface area contributed by atoms with E-state index in [1.165, 1.54) is 0 Å². The van der Waals surface area contributed by atoms with E-state index in [2.05, 4.69) is 0 Å². The molecule has 2 aromatic carbocycles. The normalized spacial score (nSPS) is 22.5. The Balaban J connectivity index is 2.10. The largest absolute Gasteiger partial charge is 0.497 e. The molecule has 0 unspecified atom stereocenters. The van der Waals surface area contributed by atoms with E-state index in [9.17, 15) is 4.79 Å². The Bertz CT molecular complexity index is 741. The number of nitrogens with two attached hydrogens (primary N) is 1. The van der Waals surface area contributed by atoms with Gasteiger partial charge in [-0.15, -0.1) is 0 Å². The molecule has 1 saturated heterocycles. The van der Waals surface area contributed by atoms with Gasteiger partial charge in [0.25, 0.3) is 0 Å². The highest BCUT2D eigenvalue weighted by molar-refractivity contribution is 5.96. The summed E-state index contributed by atoms with van der Waals surface area (Å²) in [7, 11) is 3.25. The minimum absolute atomic E-state index is 0.0935. The molecule has 0 bridgehead atoms. The maximum atomic E-state index is 13.0. The smallest absolute Gasteiger partial charge is 0.236 e. The number of nitrogens with zero attached hydrogens (tertiary/aromatic N) is 1. The zero-order chi connectivity index (χ0) is 18.0. The summed E-state index contributed by atoms with van der Waals surface area (Å²) < 4.78 is 10.8. The first-order chi connectivity index (χ1) is 12.1. The summed E-state index contributed by atoms with van der Waals surface area (Å²) in [5, 5.41) is 0. The van der Waals surface area contributed by atoms with E-state index < -0.39 is 5.41 Å². The minimum atomic E-state index is -0.631. The fourth-order valence-corrected chi connectivity index (χ4v) is 3.71. The number of β-lactam (4-membered cyclic amide) rings is 1. The molecule has 2 N–H and O–H groups in total. The van der Waals surface area contributed by atoms with E-state index in [-0.39, 0.29) is 11.9 Å². The summed E-state index contributed by atoms with van der Waals surface area (Å²) in [5.74, 6) is 1.50. The standard InChI is InChI=1S/C20H24N2O3/c1-20(15-7-5-4-6-8-15)18(22(10-9-21)19(20)23)14-11-16(24-2)13-17(12-14)25-3/h4-8,11-13,18H,9-10,21H2,1-3H3/t18-,20+/m1/s1. The fraction of sp³-hybridized carbons (Fsp3) is 0.350. The van der Waals surface area contributed by atoms with Crippen LogP contribution in [0.2, 0.25) is 0 Å². The van der Waals surface area contributed by atoms with Crippen molar-refractivity contribution in [2.24, 2.45) is 5.73 Å². The van der Waals surface area contributed by atoms with Crippen molar-refractivity contribution in [2.45, 2.75) is 18.4 Å². The third-order valence-electron chi connectivity index (χ3n) is 5.00. The highest BCUT2D eigenvalue weighted by Crippen LogP contribution is 2.52. The molecule has 5 heteroatoms. The molecule has 1 fully saturated rings. The first-order valence-electron chi connectivity index (χ1n) is 8.36. The van der Waals surface area contributed by atoms with Crippen LogP contribution in [-0.2, 0) is 10.2 Å². The van der Waals surface area contributed by atoms with Gasteiger partial charge in [0.1, 0.15) is 11.5 Å². The number of carbonyl (C=O) groups is 1. The molecule has 5 nitrogen and oxygen atoms in total. The zero-order valence-electron chi connectivity index (χ0n) is 14.9. The predicted molar refractivity (Wildman–Crippen MR) is 96.8 cm³/mol. The van der Waals surface area contributed by atoms with Gasteiger partial charge in [0.15, 0.2) is 0 Å². The Morgan fingerprint density at radius 1 is 1.08 bits per heavy atom. The molecule has 2 atom stereocenters. The molecule has 25 heavy (non-hydrogen) atoms. The number of rotatable bonds is 6. The van der Waals surface area contributed by atoms with Crippen LogP contribution in [-0.4, -0.2) is 38.1 Å². The quantitative estimate of drug-likeness (QED) is 0.821. The summed E-state index contributed by atoms with van der Waals surface area (Å²) in [5.41, 5.74) is 7.09. The van der Waals surface area contributed by atoms with Gasteiger partial charge in [0.2, 0.25) is 5.91 Å². The van der Waals surface area contributed by atoms with Crippen LogP contribution >= 0.6 is 0 Å². The molecule has 0 spiro atoms. The fourth-order valence-electron chi connectivity index (χ4n) is 3.71. The zero-order valence-corrected chi connectivity index (χ0v) is 14.9. The highest BCUT2D eigenvalue weighted by atomic mass is 16.5. The van der Waals surface area contributed by atoms with Gasteiger partial charge in [-0.2, -0.15) is 0 Å². The molecule has 0 radical (unpaired) electrons. The first kappa shape index (κ1) is 17.3. The third kappa shape index (κ3) is 2.74. The molecule has 0 aliphatic carbocycles. The summed E-state index contributed by atoms with van der Waals surface area (Å²) in [4.78, 5) is 14.8. The molecular weight excluding hydrogens is 316 g/mol. The van der Waals surface area contributed by atoms with Crippen molar-refractivity contribution in [3.63, 3.8) is 0 Å². The lowest BCUT2D eigenvalue weighted by molar-refractivity contribution is -0.160. The van der Waals surface area contributed by atoms with Crippen molar-refractivity contribution in [2.75, 3.05) is 27.3 Å². The van der Waals surface area contributed by atoms with Gasteiger partial charge < -0.3 is 20.1 Å². The van der Waals surface area contributed by atoms with Crippen molar-refractivity contribution < 1.29 is 14.3 Å². The van der Waals surface area contributed by atoms with Crippen molar-refractivity contribution in [1.82, 2.24) is 4.90 Å². The molecule has 1 heterocycles. The average Bonchev–Trinajstić information content (AvgIpc) is 2.67. The highest BCUT2D eigenvalue weighted by Gasteiger charge is 2.58. The molecule has 0 aromatic heterocycles. The average molecular weight is 340 g/mol. The Kier molecular flexibility index (Phi) is 4.68. The van der Waals surface area contributed by atoms with Crippen molar-refractivity contribution in [3.8, 4) is 11.5 Å².